The number of hydrogen-bond acceptors (Lipinski definition) is 3. The largest absolute Gasteiger partial charge is 0.461 e. The normalized spacial score (nSPS) is 9.93. The summed E-state index contributed by atoms with van der Waals surface area (Å²) < 4.78 is 5.11. The molecule has 82 valence electrons. The molecule has 0 unspecified atom stereocenters. The molecule has 0 N–H and O–H groups in total. The Hall–Kier alpha value is -0.960. The third-order valence-corrected chi connectivity index (χ3v) is 2.35. The first kappa shape index (κ1) is 12.1. The van der Waals surface area contributed by atoms with Crippen LogP contribution in [0, 0.1) is 0 Å². The maximum absolute atomic E-state index is 11.2. The van der Waals surface area contributed by atoms with Gasteiger partial charge in [-0.05, 0) is 24.2 Å². The average molecular weight is 224 g/mol. The monoisotopic (exact) mass is 224 g/mol. The van der Waals surface area contributed by atoms with Gasteiger partial charge in [0.1, 0.15) is 6.61 Å². The number of carbonyl (C=O) groups is 1. The maximum atomic E-state index is 11.2. The van der Waals surface area contributed by atoms with Crippen LogP contribution in [-0.4, -0.2) is 11.7 Å². The average Bonchev–Trinajstić information content (AvgIpc) is 2.28. The lowest BCUT2D eigenvalue weighted by atomic mass is 10.2. The number of ether oxygens (including phenoxy) is 1. The van der Waals surface area contributed by atoms with Crippen LogP contribution in [0.5, 0.6) is 0 Å². The van der Waals surface area contributed by atoms with Crippen molar-refractivity contribution < 1.29 is 9.53 Å². The predicted molar refractivity (Wildman–Crippen MR) is 63.9 cm³/mol. The smallest absolute Gasteiger partial charge is 0.306 e. The van der Waals surface area contributed by atoms with Crippen molar-refractivity contribution in [2.75, 3.05) is 5.75 Å². The Morgan fingerprint density at radius 1 is 1.20 bits per heavy atom. The minimum atomic E-state index is -0.124. The van der Waals surface area contributed by atoms with Crippen LogP contribution in [-0.2, 0) is 16.1 Å². The molecule has 0 heterocycles. The molecule has 0 atom stereocenters. The number of benzene rings is 1. The summed E-state index contributed by atoms with van der Waals surface area (Å²) in [6, 6.07) is 9.70. The van der Waals surface area contributed by atoms with Gasteiger partial charge >= 0.3 is 5.97 Å². The van der Waals surface area contributed by atoms with E-state index in [2.05, 4.69) is 12.6 Å². The van der Waals surface area contributed by atoms with E-state index < -0.39 is 0 Å². The van der Waals surface area contributed by atoms with E-state index in [0.717, 1.165) is 24.2 Å². The fraction of sp³-hybridized carbons (Fsp3) is 0.417. The van der Waals surface area contributed by atoms with Crippen LogP contribution in [0.4, 0.5) is 0 Å². The van der Waals surface area contributed by atoms with Gasteiger partial charge in [0.05, 0.1) is 0 Å². The molecule has 1 aromatic rings. The predicted octanol–water partition coefficient (Wildman–Crippen LogP) is 2.83. The summed E-state index contributed by atoms with van der Waals surface area (Å²) in [5, 5.41) is 0. The van der Waals surface area contributed by atoms with Gasteiger partial charge in [-0.25, -0.2) is 0 Å². The first-order valence-electron chi connectivity index (χ1n) is 5.13. The molecule has 1 rings (SSSR count). The number of thiol groups is 1. The molecule has 15 heavy (non-hydrogen) atoms. The zero-order valence-corrected chi connectivity index (χ0v) is 9.58. The fourth-order valence-electron chi connectivity index (χ4n) is 1.19. The zero-order valence-electron chi connectivity index (χ0n) is 8.69. The van der Waals surface area contributed by atoms with Crippen molar-refractivity contribution in [3.05, 3.63) is 35.9 Å². The van der Waals surface area contributed by atoms with Crippen LogP contribution in [0.15, 0.2) is 30.3 Å². The van der Waals surface area contributed by atoms with Crippen LogP contribution in [0.2, 0.25) is 0 Å². The van der Waals surface area contributed by atoms with E-state index in [0.29, 0.717) is 13.0 Å². The molecule has 1 aromatic carbocycles. The van der Waals surface area contributed by atoms with Gasteiger partial charge in [0, 0.05) is 6.42 Å². The Kier molecular flexibility index (Phi) is 5.93. The molecule has 0 saturated carbocycles. The van der Waals surface area contributed by atoms with Crippen molar-refractivity contribution in [1.29, 1.82) is 0 Å². The summed E-state index contributed by atoms with van der Waals surface area (Å²) in [5.41, 5.74) is 1.03. The Morgan fingerprint density at radius 3 is 2.60 bits per heavy atom. The first-order chi connectivity index (χ1) is 7.33. The van der Waals surface area contributed by atoms with E-state index in [1.54, 1.807) is 0 Å². The highest BCUT2D eigenvalue weighted by Gasteiger charge is 2.02. The Bertz CT molecular complexity index is 285. The van der Waals surface area contributed by atoms with Crippen LogP contribution in [0.3, 0.4) is 0 Å². The highest BCUT2D eigenvalue weighted by atomic mass is 32.1. The van der Waals surface area contributed by atoms with Gasteiger partial charge in [-0.3, -0.25) is 4.79 Å². The standard InChI is InChI=1S/C12H16O2S/c13-12(8-4-5-9-15)14-10-11-6-2-1-3-7-11/h1-3,6-7,15H,4-5,8-10H2. The molecule has 0 saturated heterocycles. The van der Waals surface area contributed by atoms with E-state index in [-0.39, 0.29) is 5.97 Å². The quantitative estimate of drug-likeness (QED) is 0.457. The molecule has 2 nitrogen and oxygen atoms in total. The van der Waals surface area contributed by atoms with Gasteiger partial charge < -0.3 is 4.74 Å². The van der Waals surface area contributed by atoms with Crippen molar-refractivity contribution in [2.24, 2.45) is 0 Å². The lowest BCUT2D eigenvalue weighted by molar-refractivity contribution is -0.145. The molecular weight excluding hydrogens is 208 g/mol. The van der Waals surface area contributed by atoms with Crippen LogP contribution >= 0.6 is 12.6 Å². The molecule has 3 heteroatoms. The molecule has 0 bridgehead atoms. The number of unbranched alkanes of at least 4 members (excludes halogenated alkanes) is 1. The third-order valence-electron chi connectivity index (χ3n) is 2.03. The maximum Gasteiger partial charge on any atom is 0.306 e. The molecular formula is C12H16O2S. The van der Waals surface area contributed by atoms with Gasteiger partial charge in [-0.2, -0.15) is 12.6 Å². The van der Waals surface area contributed by atoms with Gasteiger partial charge in [0.15, 0.2) is 0 Å². The number of esters is 1. The minimum Gasteiger partial charge on any atom is -0.461 e. The molecule has 0 aliphatic carbocycles. The first-order valence-corrected chi connectivity index (χ1v) is 5.76. The van der Waals surface area contributed by atoms with Crippen molar-refractivity contribution in [3.63, 3.8) is 0 Å². The van der Waals surface area contributed by atoms with Gasteiger partial charge in [-0.15, -0.1) is 0 Å². The summed E-state index contributed by atoms with van der Waals surface area (Å²) >= 11 is 4.08. The summed E-state index contributed by atoms with van der Waals surface area (Å²) in [6.45, 7) is 0.376. The van der Waals surface area contributed by atoms with E-state index in [4.69, 9.17) is 4.74 Å². The highest BCUT2D eigenvalue weighted by Crippen LogP contribution is 2.04. The van der Waals surface area contributed by atoms with Crippen molar-refractivity contribution in [2.45, 2.75) is 25.9 Å². The molecule has 0 spiro atoms. The molecule has 0 fully saturated rings. The van der Waals surface area contributed by atoms with Crippen LogP contribution < -0.4 is 0 Å². The fourth-order valence-corrected chi connectivity index (χ4v) is 1.41. The molecule has 0 aliphatic rings. The Morgan fingerprint density at radius 2 is 1.93 bits per heavy atom. The summed E-state index contributed by atoms with van der Waals surface area (Å²) in [7, 11) is 0. The van der Waals surface area contributed by atoms with Gasteiger partial charge in [0.25, 0.3) is 0 Å². The summed E-state index contributed by atoms with van der Waals surface area (Å²) in [4.78, 5) is 11.2. The lowest BCUT2D eigenvalue weighted by Crippen LogP contribution is -2.04. The molecule has 0 radical (unpaired) electrons. The second kappa shape index (κ2) is 7.35. The van der Waals surface area contributed by atoms with Gasteiger partial charge in [-0.1, -0.05) is 30.3 Å². The third kappa shape index (κ3) is 5.47. The minimum absolute atomic E-state index is 0.124. The second-order valence-electron chi connectivity index (χ2n) is 3.33. The van der Waals surface area contributed by atoms with Crippen molar-refractivity contribution >= 4 is 18.6 Å². The Balaban J connectivity index is 2.17. The SMILES string of the molecule is O=C(CCCCS)OCc1ccccc1. The van der Waals surface area contributed by atoms with Gasteiger partial charge in [0.2, 0.25) is 0 Å². The Labute approximate surface area is 96.1 Å². The van der Waals surface area contributed by atoms with Crippen molar-refractivity contribution in [3.8, 4) is 0 Å². The van der Waals surface area contributed by atoms with E-state index in [1.165, 1.54) is 0 Å². The highest BCUT2D eigenvalue weighted by molar-refractivity contribution is 7.80. The van der Waals surface area contributed by atoms with E-state index in [1.807, 2.05) is 30.3 Å². The second-order valence-corrected chi connectivity index (χ2v) is 3.77. The van der Waals surface area contributed by atoms with E-state index >= 15 is 0 Å². The van der Waals surface area contributed by atoms with Crippen LogP contribution in [0.25, 0.3) is 0 Å². The van der Waals surface area contributed by atoms with Crippen LogP contribution in [0.1, 0.15) is 24.8 Å². The number of carbonyl (C=O) groups excluding carboxylic acids is 1. The lowest BCUT2D eigenvalue weighted by Gasteiger charge is -2.04. The zero-order chi connectivity index (χ0) is 10.9. The molecule has 0 aliphatic heterocycles. The van der Waals surface area contributed by atoms with E-state index in [9.17, 15) is 4.79 Å². The molecule has 0 aromatic heterocycles. The molecule has 0 amide bonds. The summed E-state index contributed by atoms with van der Waals surface area (Å²) in [5.74, 6) is 0.701. The topological polar surface area (TPSA) is 26.3 Å². The summed E-state index contributed by atoms with van der Waals surface area (Å²) in [6.07, 6.45) is 2.31. The number of hydrogen-bond donors (Lipinski definition) is 1. The van der Waals surface area contributed by atoms with Crippen molar-refractivity contribution in [1.82, 2.24) is 0 Å². The number of rotatable bonds is 6.